The summed E-state index contributed by atoms with van der Waals surface area (Å²) in [6.07, 6.45) is 1.65. The molecule has 132 valence electrons. The lowest BCUT2D eigenvalue weighted by molar-refractivity contribution is 0.0327. The van der Waals surface area contributed by atoms with Gasteiger partial charge in [0.15, 0.2) is 5.78 Å². The number of rotatable bonds is 4. The Labute approximate surface area is 152 Å². The monoisotopic (exact) mass is 359 g/mol. The lowest BCUT2D eigenvalue weighted by Crippen LogP contribution is -2.18. The molecule has 4 nitrogen and oxygen atoms in total. The Morgan fingerprint density at radius 3 is 2.76 bits per heavy atom. The van der Waals surface area contributed by atoms with Crippen molar-refractivity contribution >= 4 is 23.4 Å². The minimum Gasteiger partial charge on any atom is -0.458 e. The summed E-state index contributed by atoms with van der Waals surface area (Å²) >= 11 is 6.30. The second-order valence-corrected chi connectivity index (χ2v) is 7.06. The van der Waals surface area contributed by atoms with E-state index >= 15 is 0 Å². The molecule has 0 bridgehead atoms. The fourth-order valence-corrected chi connectivity index (χ4v) is 3.68. The highest BCUT2D eigenvalue weighted by atomic mass is 35.5. The molecule has 0 amide bonds. The molecule has 1 N–H and O–H groups in total. The number of carbonyl (C=O) groups is 2. The van der Waals surface area contributed by atoms with E-state index in [-0.39, 0.29) is 17.8 Å². The molecule has 1 heterocycles. The van der Waals surface area contributed by atoms with Crippen LogP contribution in [0.5, 0.6) is 0 Å². The number of hydrogen-bond acceptors (Lipinski definition) is 3. The van der Waals surface area contributed by atoms with Crippen molar-refractivity contribution in [1.82, 2.24) is 4.98 Å². The van der Waals surface area contributed by atoms with Crippen molar-refractivity contribution in [2.45, 2.75) is 52.1 Å². The molecular formula is C20H22ClNO3. The Hall–Kier alpha value is -2.07. The number of benzene rings is 1. The standard InChI is InChI=1S/C20H22ClNO3/c1-4-11(2)25-20(24)19-12(3)18-16(22-19)9-13(10-17(18)23)14-7-5-6-8-15(14)21/h5-8,11,13,22H,4,9-10H2,1-3H3. The second kappa shape index (κ2) is 7.04. The average molecular weight is 360 g/mol. The van der Waals surface area contributed by atoms with Crippen LogP contribution < -0.4 is 0 Å². The number of H-pyrrole nitrogens is 1. The molecule has 0 radical (unpaired) electrons. The van der Waals surface area contributed by atoms with Crippen LogP contribution in [0.15, 0.2) is 24.3 Å². The molecule has 0 saturated heterocycles. The first-order valence-corrected chi connectivity index (χ1v) is 9.00. The minimum absolute atomic E-state index is 0.0187. The Balaban J connectivity index is 1.92. The summed E-state index contributed by atoms with van der Waals surface area (Å²) in [5.74, 6) is -0.337. The van der Waals surface area contributed by atoms with Crippen molar-refractivity contribution in [2.24, 2.45) is 0 Å². The number of ether oxygens (including phenoxy) is 1. The van der Waals surface area contributed by atoms with E-state index in [1.54, 1.807) is 6.92 Å². The number of aromatic nitrogens is 1. The summed E-state index contributed by atoms with van der Waals surface area (Å²) in [6.45, 7) is 5.62. The first-order valence-electron chi connectivity index (χ1n) is 8.62. The predicted molar refractivity (Wildman–Crippen MR) is 97.5 cm³/mol. The Morgan fingerprint density at radius 1 is 1.36 bits per heavy atom. The number of ketones is 1. The summed E-state index contributed by atoms with van der Waals surface area (Å²) in [5.41, 5.74) is 3.48. The van der Waals surface area contributed by atoms with E-state index in [0.29, 0.717) is 34.7 Å². The van der Waals surface area contributed by atoms with E-state index in [0.717, 1.165) is 17.7 Å². The molecule has 1 aliphatic rings. The molecule has 3 rings (SSSR count). The Morgan fingerprint density at radius 2 is 2.08 bits per heavy atom. The maximum Gasteiger partial charge on any atom is 0.355 e. The van der Waals surface area contributed by atoms with E-state index < -0.39 is 5.97 Å². The molecule has 2 aromatic rings. The van der Waals surface area contributed by atoms with Crippen molar-refractivity contribution in [3.63, 3.8) is 0 Å². The number of carbonyl (C=O) groups excluding carboxylic acids is 2. The SMILES string of the molecule is CCC(C)OC(=O)c1[nH]c2c(c1C)C(=O)CC(c1ccccc1Cl)C2. The minimum atomic E-state index is -0.400. The van der Waals surface area contributed by atoms with Crippen LogP contribution in [-0.2, 0) is 11.2 Å². The van der Waals surface area contributed by atoms with Crippen LogP contribution in [0.1, 0.15) is 70.3 Å². The fraction of sp³-hybridized carbons (Fsp3) is 0.400. The zero-order valence-corrected chi connectivity index (χ0v) is 15.4. The fourth-order valence-electron chi connectivity index (χ4n) is 3.39. The Bertz CT molecular complexity index is 824. The van der Waals surface area contributed by atoms with Gasteiger partial charge >= 0.3 is 5.97 Å². The lowest BCUT2D eigenvalue weighted by Gasteiger charge is -2.22. The maximum absolute atomic E-state index is 12.7. The van der Waals surface area contributed by atoms with Crippen molar-refractivity contribution in [3.05, 3.63) is 57.4 Å². The predicted octanol–water partition coefficient (Wildman–Crippen LogP) is 4.84. The first-order chi connectivity index (χ1) is 11.9. The van der Waals surface area contributed by atoms with E-state index in [9.17, 15) is 9.59 Å². The Kier molecular flexibility index (Phi) is 5.00. The van der Waals surface area contributed by atoms with Gasteiger partial charge < -0.3 is 9.72 Å². The van der Waals surface area contributed by atoms with Gasteiger partial charge in [-0.2, -0.15) is 0 Å². The van der Waals surface area contributed by atoms with Crippen LogP contribution >= 0.6 is 11.6 Å². The van der Waals surface area contributed by atoms with Gasteiger partial charge in [0, 0.05) is 22.7 Å². The highest BCUT2D eigenvalue weighted by molar-refractivity contribution is 6.31. The van der Waals surface area contributed by atoms with Crippen LogP contribution in [0.2, 0.25) is 5.02 Å². The van der Waals surface area contributed by atoms with Crippen LogP contribution in [0, 0.1) is 6.92 Å². The van der Waals surface area contributed by atoms with Crippen LogP contribution in [-0.4, -0.2) is 22.8 Å². The summed E-state index contributed by atoms with van der Waals surface area (Å²) in [7, 11) is 0. The third-order valence-corrected chi connectivity index (χ3v) is 5.27. The molecule has 0 saturated carbocycles. The van der Waals surface area contributed by atoms with Crippen molar-refractivity contribution < 1.29 is 14.3 Å². The number of aromatic amines is 1. The van der Waals surface area contributed by atoms with Gasteiger partial charge in [0.2, 0.25) is 0 Å². The molecule has 2 unspecified atom stereocenters. The van der Waals surface area contributed by atoms with E-state index in [4.69, 9.17) is 16.3 Å². The summed E-state index contributed by atoms with van der Waals surface area (Å²) in [6, 6.07) is 7.60. The molecular weight excluding hydrogens is 338 g/mol. The van der Waals surface area contributed by atoms with Gasteiger partial charge in [0.05, 0.1) is 6.10 Å². The molecule has 2 atom stereocenters. The third-order valence-electron chi connectivity index (χ3n) is 4.92. The van der Waals surface area contributed by atoms with Gasteiger partial charge in [-0.25, -0.2) is 4.79 Å². The number of Topliss-reactive ketones (excluding diaryl/α,β-unsaturated/α-hetero) is 1. The summed E-state index contributed by atoms with van der Waals surface area (Å²) in [4.78, 5) is 28.2. The van der Waals surface area contributed by atoms with Crippen molar-refractivity contribution in [1.29, 1.82) is 0 Å². The van der Waals surface area contributed by atoms with Gasteiger partial charge in [-0.15, -0.1) is 0 Å². The quantitative estimate of drug-likeness (QED) is 0.794. The number of fused-ring (bicyclic) bond motifs is 1. The van der Waals surface area contributed by atoms with Crippen molar-refractivity contribution in [3.8, 4) is 0 Å². The van der Waals surface area contributed by atoms with E-state index in [1.165, 1.54) is 0 Å². The normalized spacial score (nSPS) is 17.9. The molecule has 0 spiro atoms. The van der Waals surface area contributed by atoms with Gasteiger partial charge in [-0.1, -0.05) is 36.7 Å². The molecule has 1 aromatic carbocycles. The highest BCUT2D eigenvalue weighted by Gasteiger charge is 2.33. The number of nitrogens with one attached hydrogen (secondary N) is 1. The van der Waals surface area contributed by atoms with E-state index in [1.807, 2.05) is 38.1 Å². The van der Waals surface area contributed by atoms with Crippen LogP contribution in [0.25, 0.3) is 0 Å². The van der Waals surface area contributed by atoms with Gasteiger partial charge in [-0.05, 0) is 49.8 Å². The lowest BCUT2D eigenvalue weighted by atomic mass is 9.81. The molecule has 25 heavy (non-hydrogen) atoms. The molecule has 5 heteroatoms. The summed E-state index contributed by atoms with van der Waals surface area (Å²) < 4.78 is 5.41. The van der Waals surface area contributed by atoms with Crippen molar-refractivity contribution in [2.75, 3.05) is 0 Å². The zero-order chi connectivity index (χ0) is 18.1. The second-order valence-electron chi connectivity index (χ2n) is 6.65. The van der Waals surface area contributed by atoms with Crippen LogP contribution in [0.3, 0.4) is 0 Å². The molecule has 1 aromatic heterocycles. The molecule has 0 fully saturated rings. The molecule has 1 aliphatic carbocycles. The van der Waals surface area contributed by atoms with Gasteiger partial charge in [0.1, 0.15) is 5.69 Å². The third kappa shape index (κ3) is 3.36. The topological polar surface area (TPSA) is 59.2 Å². The number of halogens is 1. The van der Waals surface area contributed by atoms with Gasteiger partial charge in [0.25, 0.3) is 0 Å². The van der Waals surface area contributed by atoms with Gasteiger partial charge in [-0.3, -0.25) is 4.79 Å². The largest absolute Gasteiger partial charge is 0.458 e. The van der Waals surface area contributed by atoms with E-state index in [2.05, 4.69) is 4.98 Å². The number of esters is 1. The highest BCUT2D eigenvalue weighted by Crippen LogP contribution is 2.37. The zero-order valence-electron chi connectivity index (χ0n) is 14.7. The average Bonchev–Trinajstić information content (AvgIpc) is 2.92. The maximum atomic E-state index is 12.7. The number of hydrogen-bond donors (Lipinski definition) is 1. The van der Waals surface area contributed by atoms with Crippen LogP contribution in [0.4, 0.5) is 0 Å². The summed E-state index contributed by atoms with van der Waals surface area (Å²) in [5, 5.41) is 0.670. The molecule has 0 aliphatic heterocycles. The first kappa shape index (κ1) is 17.7. The smallest absolute Gasteiger partial charge is 0.355 e.